The van der Waals surface area contributed by atoms with Crippen LogP contribution in [0.3, 0.4) is 0 Å². The Labute approximate surface area is 383 Å². The van der Waals surface area contributed by atoms with E-state index in [1.54, 1.807) is 0 Å². The van der Waals surface area contributed by atoms with E-state index in [9.17, 15) is 39.0 Å². The molecule has 0 bridgehead atoms. The maximum absolute atomic E-state index is 13.2. The molecule has 0 radical (unpaired) electrons. The second-order valence-corrected chi connectivity index (χ2v) is 16.0. The summed E-state index contributed by atoms with van der Waals surface area (Å²) < 4.78 is 0. The van der Waals surface area contributed by atoms with E-state index in [-0.39, 0.29) is 24.9 Å². The van der Waals surface area contributed by atoms with Crippen LogP contribution in [0.1, 0.15) is 123 Å². The SMILES string of the molecule is CCC=CCCC(=O)N(CCCCNCCCN(CCCNC(=O)[C@H](CO)NC(=O)[C@@H](N)CCCCN)C(=O)CCC=CCC)CCCNC(=O)[C@H](CO)NC(=O)[C@@H](N)CCCCN. The minimum atomic E-state index is -1.13. The number of nitrogens with zero attached hydrogens (tertiary/aromatic N) is 2. The van der Waals surface area contributed by atoms with Crippen molar-refractivity contribution in [3.05, 3.63) is 24.3 Å². The number of nitrogens with two attached hydrogens (primary N) is 4. The van der Waals surface area contributed by atoms with Gasteiger partial charge in [-0.2, -0.15) is 0 Å². The van der Waals surface area contributed by atoms with E-state index in [0.29, 0.717) is 110 Å². The second kappa shape index (κ2) is 40.5. The van der Waals surface area contributed by atoms with Crippen molar-refractivity contribution < 1.29 is 39.0 Å². The zero-order valence-electron chi connectivity index (χ0n) is 39.2. The van der Waals surface area contributed by atoms with Gasteiger partial charge in [0.15, 0.2) is 0 Å². The summed E-state index contributed by atoms with van der Waals surface area (Å²) in [5, 5.41) is 33.4. The molecule has 370 valence electrons. The van der Waals surface area contributed by atoms with E-state index in [2.05, 4.69) is 26.6 Å². The van der Waals surface area contributed by atoms with Crippen LogP contribution in [0.25, 0.3) is 0 Å². The second-order valence-electron chi connectivity index (χ2n) is 16.0. The van der Waals surface area contributed by atoms with E-state index >= 15 is 0 Å². The van der Waals surface area contributed by atoms with E-state index in [0.717, 1.165) is 51.5 Å². The molecular formula is C45H87N11O8. The number of hydrogen-bond acceptors (Lipinski definition) is 13. The average Bonchev–Trinajstić information content (AvgIpc) is 3.29. The summed E-state index contributed by atoms with van der Waals surface area (Å²) in [6, 6.07) is -3.86. The van der Waals surface area contributed by atoms with E-state index < -0.39 is 61.0 Å². The van der Waals surface area contributed by atoms with Crippen LogP contribution in [0.2, 0.25) is 0 Å². The Bertz CT molecular complexity index is 1240. The van der Waals surface area contributed by atoms with E-state index in [4.69, 9.17) is 22.9 Å². The monoisotopic (exact) mass is 910 g/mol. The smallest absolute Gasteiger partial charge is 0.244 e. The average molecular weight is 910 g/mol. The Balaban J connectivity index is 4.97. The number of unbranched alkanes of at least 4 members (excludes halogenated alkanes) is 3. The summed E-state index contributed by atoms with van der Waals surface area (Å²) in [5.41, 5.74) is 22.8. The molecule has 0 aliphatic heterocycles. The molecule has 0 unspecified atom stereocenters. The minimum absolute atomic E-state index is 0.0279. The third kappa shape index (κ3) is 30.2. The van der Waals surface area contributed by atoms with Gasteiger partial charge in [-0.15, -0.1) is 0 Å². The van der Waals surface area contributed by atoms with Gasteiger partial charge in [0.1, 0.15) is 12.1 Å². The fraction of sp³-hybridized carbons (Fsp3) is 0.778. The molecule has 0 fully saturated rings. The standard InChI is InChI=1S/C45H87N11O8/c1-3-5-7-9-22-40(59)55(32-18-28-51-44(63)38(34-57)53-42(61)36(48)20-11-13-24-46)30-16-15-26-50-27-17-31-56(41(60)23-10-8-6-4-2)33-19-29-52-45(64)39(35-58)54-43(62)37(49)21-12-14-25-47/h5-8,36-39,50,57-58H,3-4,9-35,46-49H2,1-2H3,(H,51,63)(H,52,64)(H,53,61)(H,54,62)/t36-,37-,38-,39-/m0/s1. The largest absolute Gasteiger partial charge is 0.394 e. The summed E-state index contributed by atoms with van der Waals surface area (Å²) in [5.74, 6) is -2.00. The Hall–Kier alpha value is -3.98. The fourth-order valence-electron chi connectivity index (χ4n) is 6.53. The lowest BCUT2D eigenvalue weighted by Crippen LogP contribution is -2.53. The van der Waals surface area contributed by atoms with Crippen LogP contribution in [-0.2, 0) is 28.8 Å². The Kier molecular flexibility index (Phi) is 38.0. The van der Waals surface area contributed by atoms with Crippen LogP contribution in [0.5, 0.6) is 0 Å². The number of aliphatic hydroxyl groups excluding tert-OH is 2. The Morgan fingerprint density at radius 1 is 0.516 bits per heavy atom. The van der Waals surface area contributed by atoms with Gasteiger partial charge in [-0.1, -0.05) is 51.0 Å². The first-order chi connectivity index (χ1) is 30.9. The predicted octanol–water partition coefficient (Wildman–Crippen LogP) is -0.224. The molecule has 15 N–H and O–H groups in total. The van der Waals surface area contributed by atoms with Crippen molar-refractivity contribution in [2.45, 2.75) is 147 Å². The molecule has 6 amide bonds. The highest BCUT2D eigenvalue weighted by atomic mass is 16.3. The minimum Gasteiger partial charge on any atom is -0.394 e. The number of nitrogens with one attached hydrogen (secondary N) is 5. The maximum Gasteiger partial charge on any atom is 0.244 e. The van der Waals surface area contributed by atoms with E-state index in [1.165, 1.54) is 0 Å². The molecule has 0 saturated carbocycles. The maximum atomic E-state index is 13.2. The van der Waals surface area contributed by atoms with E-state index in [1.807, 2.05) is 48.0 Å². The number of rotatable bonds is 41. The van der Waals surface area contributed by atoms with Crippen LogP contribution in [0.15, 0.2) is 24.3 Å². The van der Waals surface area contributed by atoms with Crippen molar-refractivity contribution in [2.24, 2.45) is 22.9 Å². The number of allylic oxidation sites excluding steroid dienone is 4. The molecule has 0 heterocycles. The van der Waals surface area contributed by atoms with Crippen molar-refractivity contribution in [3.8, 4) is 0 Å². The Morgan fingerprint density at radius 3 is 1.30 bits per heavy atom. The lowest BCUT2D eigenvalue weighted by atomic mass is 10.1. The highest BCUT2D eigenvalue weighted by molar-refractivity contribution is 5.90. The van der Waals surface area contributed by atoms with Gasteiger partial charge in [-0.3, -0.25) is 28.8 Å². The van der Waals surface area contributed by atoms with Crippen LogP contribution in [0.4, 0.5) is 0 Å². The summed E-state index contributed by atoms with van der Waals surface area (Å²) in [6.07, 6.45) is 18.9. The molecule has 4 atom stereocenters. The molecule has 19 nitrogen and oxygen atoms in total. The first-order valence-corrected chi connectivity index (χ1v) is 23.8. The lowest BCUT2D eigenvalue weighted by molar-refractivity contribution is -0.132. The van der Waals surface area contributed by atoms with Crippen molar-refractivity contribution in [2.75, 3.05) is 78.7 Å². The van der Waals surface area contributed by atoms with Gasteiger partial charge in [0.25, 0.3) is 0 Å². The van der Waals surface area contributed by atoms with Gasteiger partial charge >= 0.3 is 0 Å². The van der Waals surface area contributed by atoms with Gasteiger partial charge in [-0.25, -0.2) is 0 Å². The van der Waals surface area contributed by atoms with Crippen molar-refractivity contribution in [1.82, 2.24) is 36.4 Å². The highest BCUT2D eigenvalue weighted by Gasteiger charge is 2.24. The molecule has 0 rings (SSSR count). The van der Waals surface area contributed by atoms with Gasteiger partial charge < -0.3 is 69.5 Å². The first kappa shape index (κ1) is 60.0. The Morgan fingerprint density at radius 2 is 0.906 bits per heavy atom. The number of carbonyl (C=O) groups is 6. The highest BCUT2D eigenvalue weighted by Crippen LogP contribution is 2.06. The number of amides is 6. The summed E-state index contributed by atoms with van der Waals surface area (Å²) in [7, 11) is 0. The third-order valence-electron chi connectivity index (χ3n) is 10.4. The van der Waals surface area contributed by atoms with Crippen molar-refractivity contribution in [1.29, 1.82) is 0 Å². The lowest BCUT2D eigenvalue weighted by Gasteiger charge is -2.24. The molecule has 64 heavy (non-hydrogen) atoms. The first-order valence-electron chi connectivity index (χ1n) is 23.8. The van der Waals surface area contributed by atoms with Crippen molar-refractivity contribution in [3.63, 3.8) is 0 Å². The predicted molar refractivity (Wildman–Crippen MR) is 252 cm³/mol. The van der Waals surface area contributed by atoms with Gasteiger partial charge in [0, 0.05) is 52.1 Å². The number of carbonyl (C=O) groups excluding carboxylic acids is 6. The molecule has 0 aliphatic carbocycles. The molecule has 0 aromatic rings. The topological polar surface area (TPSA) is 314 Å². The molecular weight excluding hydrogens is 823 g/mol. The van der Waals surface area contributed by atoms with Crippen LogP contribution in [-0.4, -0.2) is 158 Å². The molecule has 0 spiro atoms. The molecule has 19 heteroatoms. The van der Waals surface area contributed by atoms with Crippen molar-refractivity contribution >= 4 is 35.4 Å². The quantitative estimate of drug-likeness (QED) is 0.0280. The van der Waals surface area contributed by atoms with Gasteiger partial charge in [0.05, 0.1) is 25.3 Å². The third-order valence-corrected chi connectivity index (χ3v) is 10.4. The zero-order valence-corrected chi connectivity index (χ0v) is 39.2. The molecule has 0 saturated heterocycles. The van der Waals surface area contributed by atoms with Gasteiger partial charge in [0.2, 0.25) is 35.4 Å². The molecule has 0 aliphatic rings. The van der Waals surface area contributed by atoms with Gasteiger partial charge in [-0.05, 0) is 110 Å². The normalized spacial score (nSPS) is 13.3. The summed E-state index contributed by atoms with van der Waals surface area (Å²) >= 11 is 0. The van der Waals surface area contributed by atoms with Crippen LogP contribution in [0, 0.1) is 0 Å². The number of hydrogen-bond donors (Lipinski definition) is 11. The fourth-order valence-corrected chi connectivity index (χ4v) is 6.53. The zero-order chi connectivity index (χ0) is 47.8. The molecule has 0 aromatic carbocycles. The molecule has 0 aromatic heterocycles. The summed E-state index contributed by atoms with van der Waals surface area (Å²) in [6.45, 7) is 7.82. The number of aliphatic hydroxyl groups is 2. The van der Waals surface area contributed by atoms with Crippen LogP contribution >= 0.6 is 0 Å². The summed E-state index contributed by atoms with van der Waals surface area (Å²) in [4.78, 5) is 80.2. The van der Waals surface area contributed by atoms with Crippen LogP contribution < -0.4 is 49.5 Å².